The third-order valence-corrected chi connectivity index (χ3v) is 4.27. The average molecular weight is 368 g/mol. The summed E-state index contributed by atoms with van der Waals surface area (Å²) in [5, 5.41) is 11.8. The van der Waals surface area contributed by atoms with Crippen molar-refractivity contribution in [2.45, 2.75) is 26.2 Å². The lowest BCUT2D eigenvalue weighted by Crippen LogP contribution is -2.13. The first-order valence-electron chi connectivity index (χ1n) is 6.49. The van der Waals surface area contributed by atoms with E-state index in [2.05, 4.69) is 31.4 Å². The van der Waals surface area contributed by atoms with Gasteiger partial charge in [-0.3, -0.25) is 9.59 Å². The lowest BCUT2D eigenvalue weighted by Gasteiger charge is -2.02. The van der Waals surface area contributed by atoms with Gasteiger partial charge in [-0.1, -0.05) is 46.3 Å². The molecule has 1 amide bonds. The van der Waals surface area contributed by atoms with Crippen molar-refractivity contribution in [3.05, 3.63) is 39.3 Å². The number of hydrogen-bond donors (Lipinski definition) is 1. The van der Waals surface area contributed by atoms with Gasteiger partial charge < -0.3 is 5.32 Å². The fraction of sp³-hybridized carbons (Fsp3) is 0.286. The summed E-state index contributed by atoms with van der Waals surface area (Å²) in [4.78, 5) is 23.7. The summed E-state index contributed by atoms with van der Waals surface area (Å²) in [6.07, 6.45) is 1.10. The molecule has 7 heteroatoms. The molecule has 0 unspecified atom stereocenters. The van der Waals surface area contributed by atoms with E-state index in [0.717, 1.165) is 15.9 Å². The number of ketones is 1. The predicted octanol–water partition coefficient (Wildman–Crippen LogP) is 3.46. The minimum atomic E-state index is -0.223. The van der Waals surface area contributed by atoms with Crippen LogP contribution in [-0.4, -0.2) is 21.9 Å². The number of anilines is 1. The molecule has 0 fully saturated rings. The van der Waals surface area contributed by atoms with E-state index in [0.29, 0.717) is 10.7 Å². The first kappa shape index (κ1) is 15.8. The van der Waals surface area contributed by atoms with Crippen LogP contribution in [0, 0.1) is 0 Å². The monoisotopic (exact) mass is 367 g/mol. The second-order valence-electron chi connectivity index (χ2n) is 4.33. The maximum absolute atomic E-state index is 11.9. The van der Waals surface area contributed by atoms with Gasteiger partial charge in [0.2, 0.25) is 11.0 Å². The standard InChI is InChI=1S/C14H14BrN3O2S/c1-2-13-17-18-14(21-13)16-12(20)8-7-11(19)9-3-5-10(15)6-4-9/h3-6H,2,7-8H2,1H3,(H,16,18,20). The molecule has 0 atom stereocenters. The van der Waals surface area contributed by atoms with E-state index in [1.165, 1.54) is 11.3 Å². The summed E-state index contributed by atoms with van der Waals surface area (Å²) < 4.78 is 0.916. The molecule has 0 bridgehead atoms. The van der Waals surface area contributed by atoms with E-state index >= 15 is 0 Å². The minimum absolute atomic E-state index is 0.0517. The van der Waals surface area contributed by atoms with Crippen LogP contribution in [0.25, 0.3) is 0 Å². The number of halogens is 1. The maximum Gasteiger partial charge on any atom is 0.226 e. The summed E-state index contributed by atoms with van der Waals surface area (Å²) in [6.45, 7) is 1.98. The fourth-order valence-corrected chi connectivity index (χ4v) is 2.60. The van der Waals surface area contributed by atoms with Crippen LogP contribution >= 0.6 is 27.3 Å². The predicted molar refractivity (Wildman–Crippen MR) is 85.6 cm³/mol. The summed E-state index contributed by atoms with van der Waals surface area (Å²) in [7, 11) is 0. The summed E-state index contributed by atoms with van der Waals surface area (Å²) in [5.74, 6) is -0.275. The van der Waals surface area contributed by atoms with E-state index < -0.39 is 0 Å². The molecule has 0 spiro atoms. The molecule has 5 nitrogen and oxygen atoms in total. The van der Waals surface area contributed by atoms with E-state index in [1.54, 1.807) is 24.3 Å². The molecule has 2 rings (SSSR count). The highest BCUT2D eigenvalue weighted by Crippen LogP contribution is 2.16. The number of carbonyl (C=O) groups is 2. The second-order valence-corrected chi connectivity index (χ2v) is 6.31. The lowest BCUT2D eigenvalue weighted by atomic mass is 10.1. The van der Waals surface area contributed by atoms with Crippen LogP contribution in [0.5, 0.6) is 0 Å². The number of hydrogen-bond acceptors (Lipinski definition) is 5. The van der Waals surface area contributed by atoms with Gasteiger partial charge in [-0.05, 0) is 18.6 Å². The van der Waals surface area contributed by atoms with Gasteiger partial charge in [-0.2, -0.15) is 0 Å². The van der Waals surface area contributed by atoms with Crippen molar-refractivity contribution >= 4 is 44.1 Å². The smallest absolute Gasteiger partial charge is 0.226 e. The first-order valence-corrected chi connectivity index (χ1v) is 8.10. The normalized spacial score (nSPS) is 10.4. The quantitative estimate of drug-likeness (QED) is 0.793. The van der Waals surface area contributed by atoms with Gasteiger partial charge in [0, 0.05) is 22.9 Å². The van der Waals surface area contributed by atoms with Gasteiger partial charge in [-0.25, -0.2) is 0 Å². The summed E-state index contributed by atoms with van der Waals surface area (Å²) >= 11 is 4.66. The molecule has 0 aliphatic carbocycles. The van der Waals surface area contributed by atoms with Crippen molar-refractivity contribution in [1.82, 2.24) is 10.2 Å². The molecule has 0 aliphatic heterocycles. The molecule has 1 heterocycles. The Bertz CT molecular complexity index is 640. The SMILES string of the molecule is CCc1nnc(NC(=O)CCC(=O)c2ccc(Br)cc2)s1. The highest BCUT2D eigenvalue weighted by Gasteiger charge is 2.11. The largest absolute Gasteiger partial charge is 0.301 e. The Morgan fingerprint density at radius 3 is 2.52 bits per heavy atom. The third kappa shape index (κ3) is 4.71. The Labute approximate surface area is 134 Å². The maximum atomic E-state index is 11.9. The Morgan fingerprint density at radius 2 is 1.90 bits per heavy atom. The Balaban J connectivity index is 1.83. The highest BCUT2D eigenvalue weighted by molar-refractivity contribution is 9.10. The molecule has 0 saturated heterocycles. The van der Waals surface area contributed by atoms with Gasteiger partial charge in [-0.15, -0.1) is 10.2 Å². The van der Waals surface area contributed by atoms with Crippen molar-refractivity contribution in [2.24, 2.45) is 0 Å². The molecule has 0 saturated carbocycles. The number of aryl methyl sites for hydroxylation is 1. The van der Waals surface area contributed by atoms with Gasteiger partial charge in [0.15, 0.2) is 5.78 Å². The van der Waals surface area contributed by atoms with Crippen LogP contribution in [0.15, 0.2) is 28.7 Å². The molecular formula is C14H14BrN3O2S. The zero-order valence-electron chi connectivity index (χ0n) is 11.4. The van der Waals surface area contributed by atoms with Crippen molar-refractivity contribution in [2.75, 3.05) is 5.32 Å². The van der Waals surface area contributed by atoms with E-state index in [9.17, 15) is 9.59 Å². The number of Topliss-reactive ketones (excluding diaryl/α,β-unsaturated/α-hetero) is 1. The lowest BCUT2D eigenvalue weighted by molar-refractivity contribution is -0.116. The van der Waals surface area contributed by atoms with Crippen LogP contribution in [0.2, 0.25) is 0 Å². The number of carbonyl (C=O) groups excluding carboxylic acids is 2. The number of nitrogens with zero attached hydrogens (tertiary/aromatic N) is 2. The van der Waals surface area contributed by atoms with Crippen molar-refractivity contribution in [1.29, 1.82) is 0 Å². The van der Waals surface area contributed by atoms with E-state index in [-0.39, 0.29) is 24.5 Å². The average Bonchev–Trinajstić information content (AvgIpc) is 2.93. The number of benzene rings is 1. The zero-order valence-corrected chi connectivity index (χ0v) is 13.8. The molecule has 1 aromatic heterocycles. The van der Waals surface area contributed by atoms with E-state index in [1.807, 2.05) is 6.92 Å². The van der Waals surface area contributed by atoms with Gasteiger partial charge in [0.1, 0.15) is 5.01 Å². The van der Waals surface area contributed by atoms with Crippen LogP contribution < -0.4 is 5.32 Å². The number of rotatable bonds is 6. The first-order chi connectivity index (χ1) is 10.1. The molecule has 0 radical (unpaired) electrons. The Hall–Kier alpha value is -1.60. The number of amides is 1. The highest BCUT2D eigenvalue weighted by atomic mass is 79.9. The Kier molecular flexibility index (Phi) is 5.58. The van der Waals surface area contributed by atoms with Crippen molar-refractivity contribution in [3.63, 3.8) is 0 Å². The fourth-order valence-electron chi connectivity index (χ4n) is 1.64. The summed E-state index contributed by atoms with van der Waals surface area (Å²) in [6, 6.07) is 7.09. The molecular weight excluding hydrogens is 354 g/mol. The van der Waals surface area contributed by atoms with Crippen LogP contribution in [0.1, 0.15) is 35.1 Å². The molecule has 0 aliphatic rings. The summed E-state index contributed by atoms with van der Waals surface area (Å²) in [5.41, 5.74) is 0.607. The molecule has 21 heavy (non-hydrogen) atoms. The zero-order chi connectivity index (χ0) is 15.2. The van der Waals surface area contributed by atoms with Crippen molar-refractivity contribution < 1.29 is 9.59 Å². The molecule has 1 N–H and O–H groups in total. The second kappa shape index (κ2) is 7.42. The third-order valence-electron chi connectivity index (χ3n) is 2.76. The van der Waals surface area contributed by atoms with Crippen LogP contribution in [0.3, 0.4) is 0 Å². The van der Waals surface area contributed by atoms with Gasteiger partial charge in [0.25, 0.3) is 0 Å². The van der Waals surface area contributed by atoms with Crippen LogP contribution in [-0.2, 0) is 11.2 Å². The topological polar surface area (TPSA) is 72.0 Å². The minimum Gasteiger partial charge on any atom is -0.301 e. The van der Waals surface area contributed by atoms with E-state index in [4.69, 9.17) is 0 Å². The molecule has 2 aromatic rings. The number of aromatic nitrogens is 2. The number of nitrogens with one attached hydrogen (secondary N) is 1. The Morgan fingerprint density at radius 1 is 1.19 bits per heavy atom. The molecule has 110 valence electrons. The van der Waals surface area contributed by atoms with Crippen molar-refractivity contribution in [3.8, 4) is 0 Å². The molecule has 1 aromatic carbocycles. The van der Waals surface area contributed by atoms with Gasteiger partial charge >= 0.3 is 0 Å². The van der Waals surface area contributed by atoms with Crippen LogP contribution in [0.4, 0.5) is 5.13 Å². The van der Waals surface area contributed by atoms with Gasteiger partial charge in [0.05, 0.1) is 0 Å².